The van der Waals surface area contributed by atoms with E-state index in [0.717, 1.165) is 39.8 Å². The Kier molecular flexibility index (Phi) is 3.49. The van der Waals surface area contributed by atoms with E-state index in [9.17, 15) is 0 Å². The summed E-state index contributed by atoms with van der Waals surface area (Å²) in [6, 6.07) is 24.3. The number of rotatable bonds is 3. The van der Waals surface area contributed by atoms with Gasteiger partial charge in [0.25, 0.3) is 0 Å². The predicted molar refractivity (Wildman–Crippen MR) is 109 cm³/mol. The maximum Gasteiger partial charge on any atom is 0.231 e. The molecule has 5 aromatic rings. The second-order valence-electron chi connectivity index (χ2n) is 6.98. The third-order valence-electron chi connectivity index (χ3n) is 5.19. The Morgan fingerprint density at radius 1 is 0.793 bits per heavy atom. The van der Waals surface area contributed by atoms with Gasteiger partial charge in [0.2, 0.25) is 6.79 Å². The Hall–Kier alpha value is -3.93. The van der Waals surface area contributed by atoms with E-state index >= 15 is 0 Å². The van der Waals surface area contributed by atoms with E-state index < -0.39 is 0 Å². The van der Waals surface area contributed by atoms with Crippen LogP contribution in [-0.4, -0.2) is 26.6 Å². The highest BCUT2D eigenvalue weighted by atomic mass is 16.7. The molecule has 6 nitrogen and oxygen atoms in total. The maximum absolute atomic E-state index is 5.52. The number of aromatic nitrogens is 4. The van der Waals surface area contributed by atoms with Gasteiger partial charge >= 0.3 is 0 Å². The van der Waals surface area contributed by atoms with Gasteiger partial charge in [0, 0.05) is 22.8 Å². The third-order valence-corrected chi connectivity index (χ3v) is 5.19. The summed E-state index contributed by atoms with van der Waals surface area (Å²) in [5, 5.41) is 16.0. The molecule has 0 bridgehead atoms. The summed E-state index contributed by atoms with van der Waals surface area (Å²) >= 11 is 0. The molecule has 0 spiro atoms. The fourth-order valence-electron chi connectivity index (χ4n) is 3.78. The minimum absolute atomic E-state index is 0.240. The van der Waals surface area contributed by atoms with Crippen LogP contribution < -0.4 is 9.47 Å². The van der Waals surface area contributed by atoms with Gasteiger partial charge in [-0.05, 0) is 23.8 Å². The lowest BCUT2D eigenvalue weighted by atomic mass is 10.0. The van der Waals surface area contributed by atoms with Crippen molar-refractivity contribution in [2.75, 3.05) is 6.79 Å². The van der Waals surface area contributed by atoms with Crippen LogP contribution in [0.1, 0.15) is 11.3 Å². The molecule has 0 radical (unpaired) electrons. The number of benzene rings is 3. The van der Waals surface area contributed by atoms with Crippen molar-refractivity contribution in [2.45, 2.75) is 6.42 Å². The van der Waals surface area contributed by atoms with E-state index in [1.807, 2.05) is 53.0 Å². The molecule has 0 saturated carbocycles. The van der Waals surface area contributed by atoms with Gasteiger partial charge in [0.05, 0.1) is 5.69 Å². The zero-order valence-corrected chi connectivity index (χ0v) is 15.4. The van der Waals surface area contributed by atoms with Crippen LogP contribution in [0.3, 0.4) is 0 Å². The first-order valence-electron chi connectivity index (χ1n) is 9.44. The first-order valence-corrected chi connectivity index (χ1v) is 9.44. The predicted octanol–water partition coefficient (Wildman–Crippen LogP) is 4.26. The van der Waals surface area contributed by atoms with Crippen LogP contribution in [0.15, 0.2) is 72.8 Å². The Balaban J connectivity index is 1.57. The van der Waals surface area contributed by atoms with Crippen molar-refractivity contribution in [1.29, 1.82) is 0 Å². The summed E-state index contributed by atoms with van der Waals surface area (Å²) in [6.45, 7) is 0.240. The van der Waals surface area contributed by atoms with E-state index in [1.165, 1.54) is 5.56 Å². The van der Waals surface area contributed by atoms with E-state index in [0.29, 0.717) is 11.6 Å². The van der Waals surface area contributed by atoms with Crippen LogP contribution in [-0.2, 0) is 6.42 Å². The Labute approximate surface area is 166 Å². The molecule has 0 N–H and O–H groups in total. The molecule has 29 heavy (non-hydrogen) atoms. The van der Waals surface area contributed by atoms with E-state index in [2.05, 4.69) is 34.5 Å². The molecule has 0 saturated heterocycles. The van der Waals surface area contributed by atoms with Gasteiger partial charge in [0.1, 0.15) is 0 Å². The highest BCUT2D eigenvalue weighted by Crippen LogP contribution is 2.36. The van der Waals surface area contributed by atoms with Crippen molar-refractivity contribution in [3.63, 3.8) is 0 Å². The molecule has 2 aromatic heterocycles. The highest BCUT2D eigenvalue weighted by molar-refractivity contribution is 5.95. The van der Waals surface area contributed by atoms with Crippen molar-refractivity contribution in [2.24, 2.45) is 0 Å². The van der Waals surface area contributed by atoms with Gasteiger partial charge in [-0.1, -0.05) is 54.6 Å². The molecule has 0 amide bonds. The minimum Gasteiger partial charge on any atom is -0.454 e. The Morgan fingerprint density at radius 2 is 1.59 bits per heavy atom. The average Bonchev–Trinajstić information content (AvgIpc) is 3.41. The van der Waals surface area contributed by atoms with E-state index in [1.54, 1.807) is 0 Å². The van der Waals surface area contributed by atoms with Crippen LogP contribution in [0.2, 0.25) is 0 Å². The van der Waals surface area contributed by atoms with Gasteiger partial charge in [0.15, 0.2) is 23.0 Å². The molecule has 0 atom stereocenters. The van der Waals surface area contributed by atoms with Crippen LogP contribution in [0, 0.1) is 0 Å². The molecule has 0 unspecified atom stereocenters. The van der Waals surface area contributed by atoms with Crippen LogP contribution >= 0.6 is 0 Å². The van der Waals surface area contributed by atoms with E-state index in [-0.39, 0.29) is 6.79 Å². The summed E-state index contributed by atoms with van der Waals surface area (Å²) < 4.78 is 12.8. The lowest BCUT2D eigenvalue weighted by Crippen LogP contribution is -2.03. The van der Waals surface area contributed by atoms with E-state index in [4.69, 9.17) is 14.6 Å². The molecule has 3 heterocycles. The van der Waals surface area contributed by atoms with Crippen molar-refractivity contribution in [1.82, 2.24) is 19.8 Å². The normalized spacial score (nSPS) is 12.7. The summed E-state index contributed by atoms with van der Waals surface area (Å²) in [7, 11) is 0. The zero-order valence-electron chi connectivity index (χ0n) is 15.4. The Morgan fingerprint density at radius 3 is 2.48 bits per heavy atom. The number of hydrogen-bond acceptors (Lipinski definition) is 5. The summed E-state index contributed by atoms with van der Waals surface area (Å²) in [6.07, 6.45) is 0.732. The average molecular weight is 380 g/mol. The molecule has 6 heteroatoms. The third kappa shape index (κ3) is 2.61. The molecule has 0 aliphatic carbocycles. The topological polar surface area (TPSA) is 61.5 Å². The summed E-state index contributed by atoms with van der Waals surface area (Å²) in [5.41, 5.74) is 3.82. The van der Waals surface area contributed by atoms with Crippen LogP contribution in [0.25, 0.3) is 27.8 Å². The van der Waals surface area contributed by atoms with Crippen LogP contribution in [0.5, 0.6) is 11.5 Å². The fourth-order valence-corrected chi connectivity index (χ4v) is 3.78. The molecule has 0 fully saturated rings. The van der Waals surface area contributed by atoms with Gasteiger partial charge in [-0.25, -0.2) is 0 Å². The minimum atomic E-state index is 0.240. The smallest absolute Gasteiger partial charge is 0.231 e. The SMILES string of the molecule is c1ccc(Cc2nn3c(-c4ccc5c(c4)OCO5)nnc3c3ccccc23)cc1. The second kappa shape index (κ2) is 6.31. The number of fused-ring (bicyclic) bond motifs is 4. The monoisotopic (exact) mass is 380 g/mol. The van der Waals surface area contributed by atoms with Gasteiger partial charge < -0.3 is 9.47 Å². The fraction of sp³-hybridized carbons (Fsp3) is 0.0870. The molecule has 1 aliphatic rings. The van der Waals surface area contributed by atoms with Crippen molar-refractivity contribution in [3.8, 4) is 22.9 Å². The Bertz CT molecular complexity index is 1360. The summed E-state index contributed by atoms with van der Waals surface area (Å²) in [4.78, 5) is 0. The molecule has 3 aromatic carbocycles. The van der Waals surface area contributed by atoms with Crippen LogP contribution in [0.4, 0.5) is 0 Å². The van der Waals surface area contributed by atoms with Crippen molar-refractivity contribution < 1.29 is 9.47 Å². The molecule has 6 rings (SSSR count). The van der Waals surface area contributed by atoms with Crippen molar-refractivity contribution in [3.05, 3.63) is 84.1 Å². The first kappa shape index (κ1) is 16.1. The van der Waals surface area contributed by atoms with Gasteiger partial charge in [-0.15, -0.1) is 10.2 Å². The molecular formula is C23H16N4O2. The lowest BCUT2D eigenvalue weighted by molar-refractivity contribution is 0.174. The highest BCUT2D eigenvalue weighted by Gasteiger charge is 2.19. The molecular weight excluding hydrogens is 364 g/mol. The number of ether oxygens (including phenoxy) is 2. The first-order chi connectivity index (χ1) is 14.4. The standard InChI is InChI=1S/C23H16N4O2/c1-2-6-15(7-3-1)12-19-17-8-4-5-9-18(17)23-25-24-22(27(23)26-19)16-10-11-20-21(13-16)29-14-28-20/h1-11,13H,12,14H2. The van der Waals surface area contributed by atoms with Crippen molar-refractivity contribution >= 4 is 16.4 Å². The quantitative estimate of drug-likeness (QED) is 0.468. The maximum atomic E-state index is 5.52. The molecule has 1 aliphatic heterocycles. The van der Waals surface area contributed by atoms with Gasteiger partial charge in [-0.2, -0.15) is 9.61 Å². The number of hydrogen-bond donors (Lipinski definition) is 0. The molecule has 140 valence electrons. The lowest BCUT2D eigenvalue weighted by Gasteiger charge is -2.09. The second-order valence-corrected chi connectivity index (χ2v) is 6.98. The number of nitrogens with zero attached hydrogens (tertiary/aromatic N) is 4. The van der Waals surface area contributed by atoms with Gasteiger partial charge in [-0.3, -0.25) is 0 Å². The largest absolute Gasteiger partial charge is 0.454 e. The zero-order chi connectivity index (χ0) is 19.2. The summed E-state index contributed by atoms with van der Waals surface area (Å²) in [5.74, 6) is 2.13.